The van der Waals surface area contributed by atoms with Crippen LogP contribution in [0, 0.1) is 0 Å². The molecule has 0 amide bonds. The molecule has 20 heavy (non-hydrogen) atoms. The van der Waals surface area contributed by atoms with Gasteiger partial charge in [0.15, 0.2) is 0 Å². The van der Waals surface area contributed by atoms with E-state index in [4.69, 9.17) is 17.3 Å². The molecule has 0 aliphatic heterocycles. The standard InChI is InChI=1S/C12H9Br2ClN2O2S/c13-7-1-3-11(10(15)5-7)17-20(18,19)12-4-2-8(16)6-9(12)14/h1-6,17H,16H2. The Labute approximate surface area is 138 Å². The lowest BCUT2D eigenvalue weighted by Crippen LogP contribution is -2.14. The lowest BCUT2D eigenvalue weighted by atomic mass is 10.3. The highest BCUT2D eigenvalue weighted by Crippen LogP contribution is 2.30. The first-order valence-corrected chi connectivity index (χ1v) is 8.77. The molecule has 0 aliphatic rings. The van der Waals surface area contributed by atoms with E-state index in [2.05, 4.69) is 36.6 Å². The zero-order valence-electron chi connectivity index (χ0n) is 9.90. The predicted molar refractivity (Wildman–Crippen MR) is 88.5 cm³/mol. The third kappa shape index (κ3) is 3.46. The van der Waals surface area contributed by atoms with Crippen LogP contribution in [0.1, 0.15) is 0 Å². The summed E-state index contributed by atoms with van der Waals surface area (Å²) < 4.78 is 28.2. The van der Waals surface area contributed by atoms with Crippen molar-refractivity contribution in [3.63, 3.8) is 0 Å². The fraction of sp³-hybridized carbons (Fsp3) is 0. The third-order valence-corrected chi connectivity index (χ3v) is 5.57. The van der Waals surface area contributed by atoms with E-state index in [0.29, 0.717) is 20.9 Å². The summed E-state index contributed by atoms with van der Waals surface area (Å²) in [5.41, 5.74) is 6.37. The Bertz CT molecular complexity index is 766. The minimum Gasteiger partial charge on any atom is -0.399 e. The van der Waals surface area contributed by atoms with Crippen molar-refractivity contribution in [3.05, 3.63) is 50.4 Å². The van der Waals surface area contributed by atoms with Crippen molar-refractivity contribution in [1.29, 1.82) is 0 Å². The molecule has 0 atom stereocenters. The SMILES string of the molecule is Nc1ccc(S(=O)(=O)Nc2ccc(Br)cc2Cl)c(Br)c1. The quantitative estimate of drug-likeness (QED) is 0.701. The van der Waals surface area contributed by atoms with E-state index in [1.165, 1.54) is 18.2 Å². The molecular formula is C12H9Br2ClN2O2S. The summed E-state index contributed by atoms with van der Waals surface area (Å²) in [7, 11) is -3.75. The van der Waals surface area contributed by atoms with Crippen LogP contribution >= 0.6 is 43.5 Å². The second-order valence-corrected chi connectivity index (χ2v) is 7.75. The maximum absolute atomic E-state index is 12.3. The van der Waals surface area contributed by atoms with Crippen molar-refractivity contribution in [2.45, 2.75) is 4.90 Å². The normalized spacial score (nSPS) is 11.3. The maximum atomic E-state index is 12.3. The average Bonchev–Trinajstić information content (AvgIpc) is 2.32. The van der Waals surface area contributed by atoms with Crippen LogP contribution in [0.25, 0.3) is 0 Å². The van der Waals surface area contributed by atoms with Gasteiger partial charge in [0, 0.05) is 14.6 Å². The van der Waals surface area contributed by atoms with Crippen molar-refractivity contribution in [2.75, 3.05) is 10.5 Å². The van der Waals surface area contributed by atoms with Crippen LogP contribution in [-0.4, -0.2) is 8.42 Å². The molecule has 0 saturated carbocycles. The lowest BCUT2D eigenvalue weighted by molar-refractivity contribution is 0.601. The molecule has 2 rings (SSSR count). The van der Waals surface area contributed by atoms with Gasteiger partial charge in [0.05, 0.1) is 10.7 Å². The molecule has 106 valence electrons. The molecule has 0 aliphatic carbocycles. The summed E-state index contributed by atoms with van der Waals surface area (Å²) in [6, 6.07) is 9.35. The molecule has 0 spiro atoms. The molecule has 2 aromatic carbocycles. The zero-order chi connectivity index (χ0) is 14.9. The molecule has 0 aromatic heterocycles. The molecule has 0 saturated heterocycles. The van der Waals surface area contributed by atoms with Gasteiger partial charge in [0.1, 0.15) is 4.90 Å². The minimum absolute atomic E-state index is 0.0886. The van der Waals surface area contributed by atoms with Gasteiger partial charge >= 0.3 is 0 Å². The minimum atomic E-state index is -3.75. The Morgan fingerprint density at radius 1 is 1.10 bits per heavy atom. The van der Waals surface area contributed by atoms with Crippen molar-refractivity contribution in [2.24, 2.45) is 0 Å². The first kappa shape index (κ1) is 15.6. The van der Waals surface area contributed by atoms with Crippen molar-refractivity contribution in [1.82, 2.24) is 0 Å². The summed E-state index contributed by atoms with van der Waals surface area (Å²) in [5, 5.41) is 0.300. The van der Waals surface area contributed by atoms with Gasteiger partial charge in [0.25, 0.3) is 10.0 Å². The number of rotatable bonds is 3. The highest BCUT2D eigenvalue weighted by Gasteiger charge is 2.19. The van der Waals surface area contributed by atoms with Gasteiger partial charge < -0.3 is 5.73 Å². The summed E-state index contributed by atoms with van der Waals surface area (Å²) in [6.07, 6.45) is 0. The number of anilines is 2. The third-order valence-electron chi connectivity index (χ3n) is 2.42. The van der Waals surface area contributed by atoms with Crippen LogP contribution in [0.5, 0.6) is 0 Å². The van der Waals surface area contributed by atoms with Gasteiger partial charge in [-0.2, -0.15) is 0 Å². The van der Waals surface area contributed by atoms with Crippen molar-refractivity contribution in [3.8, 4) is 0 Å². The molecule has 8 heteroatoms. The van der Waals surface area contributed by atoms with Crippen LogP contribution in [0.4, 0.5) is 11.4 Å². The van der Waals surface area contributed by atoms with Gasteiger partial charge in [-0.25, -0.2) is 8.42 Å². The second kappa shape index (κ2) is 5.93. The maximum Gasteiger partial charge on any atom is 0.263 e. The van der Waals surface area contributed by atoms with E-state index in [9.17, 15) is 8.42 Å². The van der Waals surface area contributed by atoms with Gasteiger partial charge in [-0.15, -0.1) is 0 Å². The Balaban J connectivity index is 2.41. The van der Waals surface area contributed by atoms with E-state index in [-0.39, 0.29) is 4.90 Å². The summed E-state index contributed by atoms with van der Waals surface area (Å²) in [4.78, 5) is 0.0886. The number of nitrogens with two attached hydrogens (primary N) is 1. The smallest absolute Gasteiger partial charge is 0.263 e. The second-order valence-electron chi connectivity index (χ2n) is 3.92. The summed E-state index contributed by atoms with van der Waals surface area (Å²) >= 11 is 12.4. The molecule has 0 heterocycles. The zero-order valence-corrected chi connectivity index (χ0v) is 14.6. The van der Waals surface area contributed by atoms with Gasteiger partial charge in [-0.3, -0.25) is 4.72 Å². The Hall–Kier alpha value is -0.760. The first-order valence-electron chi connectivity index (χ1n) is 5.32. The van der Waals surface area contributed by atoms with Crippen LogP contribution in [0.3, 0.4) is 0 Å². The number of benzene rings is 2. The highest BCUT2D eigenvalue weighted by molar-refractivity contribution is 9.10. The number of sulfonamides is 1. The molecule has 0 bridgehead atoms. The summed E-state index contributed by atoms with van der Waals surface area (Å²) in [5.74, 6) is 0. The Morgan fingerprint density at radius 2 is 1.80 bits per heavy atom. The predicted octanol–water partition coefficient (Wildman–Crippen LogP) is 4.25. The first-order chi connectivity index (χ1) is 9.29. The van der Waals surface area contributed by atoms with E-state index in [1.54, 1.807) is 18.2 Å². The van der Waals surface area contributed by atoms with Crippen LogP contribution in [-0.2, 0) is 10.0 Å². The van der Waals surface area contributed by atoms with E-state index in [1.807, 2.05) is 0 Å². The summed E-state index contributed by atoms with van der Waals surface area (Å²) in [6.45, 7) is 0. The van der Waals surface area contributed by atoms with Gasteiger partial charge in [0.2, 0.25) is 0 Å². The van der Waals surface area contributed by atoms with Crippen LogP contribution in [0.15, 0.2) is 50.2 Å². The van der Waals surface area contributed by atoms with Gasteiger partial charge in [-0.05, 0) is 52.3 Å². The fourth-order valence-corrected chi connectivity index (χ4v) is 4.46. The van der Waals surface area contributed by atoms with Crippen molar-refractivity contribution < 1.29 is 8.42 Å². The van der Waals surface area contributed by atoms with E-state index >= 15 is 0 Å². The molecule has 3 N–H and O–H groups in total. The van der Waals surface area contributed by atoms with Crippen LogP contribution in [0.2, 0.25) is 5.02 Å². The number of nitrogens with one attached hydrogen (secondary N) is 1. The Morgan fingerprint density at radius 3 is 2.40 bits per heavy atom. The molecule has 2 aromatic rings. The van der Waals surface area contributed by atoms with Gasteiger partial charge in [-0.1, -0.05) is 27.5 Å². The monoisotopic (exact) mass is 438 g/mol. The Kier molecular flexibility index (Phi) is 4.63. The van der Waals surface area contributed by atoms with E-state index in [0.717, 1.165) is 4.47 Å². The molecule has 0 fully saturated rings. The largest absolute Gasteiger partial charge is 0.399 e. The number of hydrogen-bond donors (Lipinski definition) is 2. The van der Waals surface area contributed by atoms with Crippen molar-refractivity contribution >= 4 is 64.9 Å². The molecule has 4 nitrogen and oxygen atoms in total. The topological polar surface area (TPSA) is 72.2 Å². The average molecular weight is 441 g/mol. The lowest BCUT2D eigenvalue weighted by Gasteiger charge is -2.11. The number of halogens is 3. The highest BCUT2D eigenvalue weighted by atomic mass is 79.9. The molecule has 0 unspecified atom stereocenters. The molecular weight excluding hydrogens is 431 g/mol. The van der Waals surface area contributed by atoms with E-state index < -0.39 is 10.0 Å². The number of nitrogen functional groups attached to an aromatic ring is 1. The fourth-order valence-electron chi connectivity index (χ4n) is 1.51. The molecule has 0 radical (unpaired) electrons. The number of hydrogen-bond acceptors (Lipinski definition) is 3. The van der Waals surface area contributed by atoms with Crippen LogP contribution < -0.4 is 10.5 Å².